The number of aryl methyl sites for hydroxylation is 1. The predicted molar refractivity (Wildman–Crippen MR) is 66.1 cm³/mol. The highest BCUT2D eigenvalue weighted by molar-refractivity contribution is 9.10. The summed E-state index contributed by atoms with van der Waals surface area (Å²) in [6.07, 6.45) is 0.981. The van der Waals surface area contributed by atoms with E-state index in [4.69, 9.17) is 0 Å². The smallest absolute Gasteiger partial charge is 0.253 e. The summed E-state index contributed by atoms with van der Waals surface area (Å²) in [5, 5.41) is 0. The Balaban J connectivity index is 2.95. The normalized spacial score (nSPS) is 10.1. The van der Waals surface area contributed by atoms with Crippen LogP contribution in [0.4, 0.5) is 0 Å². The van der Waals surface area contributed by atoms with E-state index >= 15 is 0 Å². The zero-order valence-corrected chi connectivity index (χ0v) is 11.0. The van der Waals surface area contributed by atoms with Crippen molar-refractivity contribution in [2.45, 2.75) is 20.3 Å². The molecule has 82 valence electrons. The first kappa shape index (κ1) is 12.2. The van der Waals surface area contributed by atoms with Gasteiger partial charge in [-0.3, -0.25) is 4.79 Å². The van der Waals surface area contributed by atoms with Gasteiger partial charge in [-0.2, -0.15) is 0 Å². The minimum Gasteiger partial charge on any atom is -0.342 e. The van der Waals surface area contributed by atoms with Gasteiger partial charge in [-0.15, -0.1) is 0 Å². The molecule has 2 nitrogen and oxygen atoms in total. The number of carbonyl (C=O) groups excluding carboxylic acids is 1. The second kappa shape index (κ2) is 5.31. The maximum absolute atomic E-state index is 12.0. The first-order chi connectivity index (χ1) is 7.06. The van der Waals surface area contributed by atoms with E-state index in [9.17, 15) is 4.79 Å². The molecule has 15 heavy (non-hydrogen) atoms. The van der Waals surface area contributed by atoms with Crippen LogP contribution in [-0.4, -0.2) is 24.4 Å². The second-order valence-electron chi connectivity index (χ2n) is 3.69. The molecule has 3 heteroatoms. The number of rotatable bonds is 3. The largest absolute Gasteiger partial charge is 0.342 e. The average molecular weight is 270 g/mol. The summed E-state index contributed by atoms with van der Waals surface area (Å²) in [7, 11) is 1.84. The van der Waals surface area contributed by atoms with Crippen molar-refractivity contribution in [2.75, 3.05) is 13.6 Å². The van der Waals surface area contributed by atoms with Gasteiger partial charge in [0.2, 0.25) is 0 Å². The summed E-state index contributed by atoms with van der Waals surface area (Å²) < 4.78 is 0.946. The lowest BCUT2D eigenvalue weighted by Gasteiger charge is -2.17. The summed E-state index contributed by atoms with van der Waals surface area (Å²) in [6, 6.07) is 5.78. The van der Waals surface area contributed by atoms with Crippen LogP contribution < -0.4 is 0 Å². The van der Waals surface area contributed by atoms with Gasteiger partial charge in [-0.25, -0.2) is 0 Å². The van der Waals surface area contributed by atoms with Crippen molar-refractivity contribution in [3.05, 3.63) is 33.8 Å². The molecule has 1 aromatic rings. The van der Waals surface area contributed by atoms with Crippen LogP contribution in [0, 0.1) is 6.92 Å². The molecule has 0 unspecified atom stereocenters. The third kappa shape index (κ3) is 3.06. The van der Waals surface area contributed by atoms with Crippen molar-refractivity contribution >= 4 is 21.8 Å². The standard InChI is InChI=1S/C12H16BrNO/c1-4-7-14(3)12(15)11-8-10(13)6-5-9(11)2/h5-6,8H,4,7H2,1-3H3. The van der Waals surface area contributed by atoms with E-state index in [0.717, 1.165) is 28.6 Å². The molecule has 1 rings (SSSR count). The predicted octanol–water partition coefficient (Wildman–Crippen LogP) is 3.24. The van der Waals surface area contributed by atoms with Crippen molar-refractivity contribution in [1.29, 1.82) is 0 Å². The highest BCUT2D eigenvalue weighted by atomic mass is 79.9. The van der Waals surface area contributed by atoms with Crippen LogP contribution in [0.2, 0.25) is 0 Å². The SMILES string of the molecule is CCCN(C)C(=O)c1cc(Br)ccc1C. The molecule has 0 bridgehead atoms. The van der Waals surface area contributed by atoms with Crippen molar-refractivity contribution in [3.8, 4) is 0 Å². The minimum atomic E-state index is 0.0932. The van der Waals surface area contributed by atoms with Gasteiger partial charge < -0.3 is 4.90 Å². The van der Waals surface area contributed by atoms with Crippen LogP contribution in [0.3, 0.4) is 0 Å². The zero-order chi connectivity index (χ0) is 11.4. The van der Waals surface area contributed by atoms with Gasteiger partial charge in [0.05, 0.1) is 0 Å². The summed E-state index contributed by atoms with van der Waals surface area (Å²) in [5.74, 6) is 0.0932. The summed E-state index contributed by atoms with van der Waals surface area (Å²) in [6.45, 7) is 4.82. The van der Waals surface area contributed by atoms with Crippen molar-refractivity contribution in [2.24, 2.45) is 0 Å². The molecule has 0 radical (unpaired) electrons. The molecule has 0 aliphatic carbocycles. The molecular formula is C12H16BrNO. The molecular weight excluding hydrogens is 254 g/mol. The lowest BCUT2D eigenvalue weighted by molar-refractivity contribution is 0.0794. The molecule has 0 aromatic heterocycles. The summed E-state index contributed by atoms with van der Waals surface area (Å²) in [4.78, 5) is 13.8. The maximum Gasteiger partial charge on any atom is 0.253 e. The highest BCUT2D eigenvalue weighted by Gasteiger charge is 2.13. The number of nitrogens with zero attached hydrogens (tertiary/aromatic N) is 1. The monoisotopic (exact) mass is 269 g/mol. The van der Waals surface area contributed by atoms with Gasteiger partial charge in [0, 0.05) is 23.6 Å². The number of hydrogen-bond acceptors (Lipinski definition) is 1. The van der Waals surface area contributed by atoms with Crippen molar-refractivity contribution < 1.29 is 4.79 Å². The maximum atomic E-state index is 12.0. The first-order valence-corrected chi connectivity index (χ1v) is 5.87. The molecule has 0 aliphatic rings. The van der Waals surface area contributed by atoms with E-state index in [1.54, 1.807) is 4.90 Å². The van der Waals surface area contributed by atoms with Gasteiger partial charge in [0.15, 0.2) is 0 Å². The Labute approximate surface area is 99.4 Å². The molecule has 0 fully saturated rings. The van der Waals surface area contributed by atoms with E-state index in [1.807, 2.05) is 32.2 Å². The van der Waals surface area contributed by atoms with Gasteiger partial charge in [-0.1, -0.05) is 28.9 Å². The molecule has 0 aliphatic heterocycles. The molecule has 0 saturated heterocycles. The molecule has 0 spiro atoms. The van der Waals surface area contributed by atoms with Crippen molar-refractivity contribution in [3.63, 3.8) is 0 Å². The van der Waals surface area contributed by atoms with Crippen LogP contribution >= 0.6 is 15.9 Å². The average Bonchev–Trinajstić information content (AvgIpc) is 2.21. The molecule has 0 heterocycles. The van der Waals surface area contributed by atoms with Crippen LogP contribution in [0.1, 0.15) is 29.3 Å². The Morgan fingerprint density at radius 2 is 2.13 bits per heavy atom. The first-order valence-electron chi connectivity index (χ1n) is 5.08. The fourth-order valence-electron chi connectivity index (χ4n) is 1.47. The number of carbonyl (C=O) groups is 1. The topological polar surface area (TPSA) is 20.3 Å². The fourth-order valence-corrected chi connectivity index (χ4v) is 1.83. The van der Waals surface area contributed by atoms with E-state index in [2.05, 4.69) is 22.9 Å². The number of benzene rings is 1. The summed E-state index contributed by atoms with van der Waals surface area (Å²) in [5.41, 5.74) is 1.80. The van der Waals surface area contributed by atoms with Crippen LogP contribution in [0.15, 0.2) is 22.7 Å². The zero-order valence-electron chi connectivity index (χ0n) is 9.38. The van der Waals surface area contributed by atoms with Gasteiger partial charge in [0.1, 0.15) is 0 Å². The minimum absolute atomic E-state index is 0.0932. The van der Waals surface area contributed by atoms with Crippen LogP contribution in [0.5, 0.6) is 0 Å². The quantitative estimate of drug-likeness (QED) is 0.825. The molecule has 1 amide bonds. The summed E-state index contributed by atoms with van der Waals surface area (Å²) >= 11 is 3.38. The van der Waals surface area contributed by atoms with Crippen LogP contribution in [-0.2, 0) is 0 Å². The van der Waals surface area contributed by atoms with Crippen molar-refractivity contribution in [1.82, 2.24) is 4.90 Å². The Kier molecular flexibility index (Phi) is 4.33. The third-order valence-corrected chi connectivity index (χ3v) is 2.83. The Morgan fingerprint density at radius 3 is 2.73 bits per heavy atom. The molecule has 0 saturated carbocycles. The number of halogens is 1. The Morgan fingerprint density at radius 1 is 1.47 bits per heavy atom. The van der Waals surface area contributed by atoms with Crippen LogP contribution in [0.25, 0.3) is 0 Å². The second-order valence-corrected chi connectivity index (χ2v) is 4.60. The Bertz CT molecular complexity index is 363. The lowest BCUT2D eigenvalue weighted by Crippen LogP contribution is -2.27. The molecule has 0 N–H and O–H groups in total. The van der Waals surface area contributed by atoms with E-state index < -0.39 is 0 Å². The fraction of sp³-hybridized carbons (Fsp3) is 0.417. The van der Waals surface area contributed by atoms with E-state index in [-0.39, 0.29) is 5.91 Å². The van der Waals surface area contributed by atoms with E-state index in [0.29, 0.717) is 0 Å². The van der Waals surface area contributed by atoms with E-state index in [1.165, 1.54) is 0 Å². The number of hydrogen-bond donors (Lipinski definition) is 0. The Hall–Kier alpha value is -0.830. The highest BCUT2D eigenvalue weighted by Crippen LogP contribution is 2.17. The molecule has 0 atom stereocenters. The van der Waals surface area contributed by atoms with Gasteiger partial charge in [0.25, 0.3) is 5.91 Å². The van der Waals surface area contributed by atoms with Gasteiger partial charge >= 0.3 is 0 Å². The van der Waals surface area contributed by atoms with Gasteiger partial charge in [-0.05, 0) is 31.0 Å². The number of amides is 1. The molecule has 1 aromatic carbocycles. The third-order valence-electron chi connectivity index (χ3n) is 2.34. The lowest BCUT2D eigenvalue weighted by atomic mass is 10.1.